The Labute approximate surface area is 130 Å². The van der Waals surface area contributed by atoms with Crippen LogP contribution >= 0.6 is 0 Å². The lowest BCUT2D eigenvalue weighted by Gasteiger charge is -2.36. The second-order valence-electron chi connectivity index (χ2n) is 7.10. The van der Waals surface area contributed by atoms with Crippen LogP contribution in [-0.2, 0) is 4.74 Å². The molecule has 5 heteroatoms. The van der Waals surface area contributed by atoms with E-state index in [0.29, 0.717) is 5.92 Å². The third kappa shape index (κ3) is 3.64. The molecule has 0 heterocycles. The maximum absolute atomic E-state index is 12.1. The largest absolute Gasteiger partial charge is 0.508 e. The van der Waals surface area contributed by atoms with Crippen LogP contribution in [0.4, 0.5) is 0 Å². The number of benzene rings is 1. The van der Waals surface area contributed by atoms with Crippen molar-refractivity contribution in [2.24, 2.45) is 11.3 Å². The highest BCUT2D eigenvalue weighted by atomic mass is 16.5. The third-order valence-corrected chi connectivity index (χ3v) is 4.46. The Morgan fingerprint density at radius 3 is 2.00 bits per heavy atom. The van der Waals surface area contributed by atoms with E-state index in [2.05, 4.69) is 20.8 Å². The second kappa shape index (κ2) is 6.07. The van der Waals surface area contributed by atoms with Crippen LogP contribution in [0.3, 0.4) is 0 Å². The smallest absolute Gasteiger partial charge is 0.346 e. The van der Waals surface area contributed by atoms with E-state index in [-0.39, 0.29) is 22.8 Å². The van der Waals surface area contributed by atoms with Crippen molar-refractivity contribution in [1.29, 1.82) is 0 Å². The highest BCUT2D eigenvalue weighted by molar-refractivity contribution is 5.95. The molecule has 0 unspecified atom stereocenters. The number of carbonyl (C=O) groups is 1. The predicted molar refractivity (Wildman–Crippen MR) is 82.1 cm³/mol. The molecule has 22 heavy (non-hydrogen) atoms. The summed E-state index contributed by atoms with van der Waals surface area (Å²) in [5.41, 5.74) is -0.0432. The number of hydrogen-bond donors (Lipinski definition) is 3. The van der Waals surface area contributed by atoms with E-state index in [1.165, 1.54) is 0 Å². The van der Waals surface area contributed by atoms with Crippen LogP contribution in [0.5, 0.6) is 17.2 Å². The van der Waals surface area contributed by atoms with Gasteiger partial charge in [-0.3, -0.25) is 0 Å². The normalized spacial score (nSPS) is 22.3. The maximum atomic E-state index is 12.1. The Morgan fingerprint density at radius 2 is 1.55 bits per heavy atom. The quantitative estimate of drug-likeness (QED) is 0.727. The van der Waals surface area contributed by atoms with Crippen molar-refractivity contribution in [1.82, 2.24) is 0 Å². The van der Waals surface area contributed by atoms with Gasteiger partial charge in [0.25, 0.3) is 0 Å². The molecule has 5 nitrogen and oxygen atoms in total. The average molecular weight is 308 g/mol. The van der Waals surface area contributed by atoms with E-state index in [0.717, 1.165) is 37.8 Å². The topological polar surface area (TPSA) is 87.0 Å². The van der Waals surface area contributed by atoms with E-state index in [4.69, 9.17) is 4.74 Å². The van der Waals surface area contributed by atoms with Crippen LogP contribution in [0.1, 0.15) is 56.8 Å². The molecule has 0 aliphatic heterocycles. The number of carbonyl (C=O) groups excluding carboxylic acids is 1. The molecule has 1 fully saturated rings. The van der Waals surface area contributed by atoms with Gasteiger partial charge in [-0.25, -0.2) is 4.79 Å². The Kier molecular flexibility index (Phi) is 4.54. The number of aromatic hydroxyl groups is 3. The molecular formula is C17H24O5. The van der Waals surface area contributed by atoms with Gasteiger partial charge in [0.1, 0.15) is 28.9 Å². The van der Waals surface area contributed by atoms with Gasteiger partial charge in [0, 0.05) is 12.1 Å². The first-order valence-electron chi connectivity index (χ1n) is 7.64. The molecule has 0 bridgehead atoms. The zero-order chi connectivity index (χ0) is 16.5. The summed E-state index contributed by atoms with van der Waals surface area (Å²) in [6.45, 7) is 6.66. The molecule has 0 amide bonds. The minimum atomic E-state index is -0.755. The van der Waals surface area contributed by atoms with Crippen molar-refractivity contribution < 1.29 is 24.9 Å². The van der Waals surface area contributed by atoms with Gasteiger partial charge >= 0.3 is 5.97 Å². The molecule has 1 aromatic rings. The number of phenolic OH excluding ortho intramolecular Hbond substituents is 3. The van der Waals surface area contributed by atoms with E-state index in [9.17, 15) is 20.1 Å². The van der Waals surface area contributed by atoms with Crippen LogP contribution < -0.4 is 0 Å². The van der Waals surface area contributed by atoms with Gasteiger partial charge < -0.3 is 20.1 Å². The minimum absolute atomic E-state index is 0.196. The summed E-state index contributed by atoms with van der Waals surface area (Å²) in [5.74, 6) is -1.42. The molecule has 2 rings (SSSR count). The SMILES string of the molecule is CC(C)(C)C1CCC(OC(=O)c2c(O)cc(O)cc2O)CC1. The van der Waals surface area contributed by atoms with Crippen molar-refractivity contribution in [2.75, 3.05) is 0 Å². The zero-order valence-electron chi connectivity index (χ0n) is 13.3. The van der Waals surface area contributed by atoms with E-state index < -0.39 is 17.5 Å². The fourth-order valence-electron chi connectivity index (χ4n) is 3.06. The molecule has 122 valence electrons. The van der Waals surface area contributed by atoms with Gasteiger partial charge in [-0.2, -0.15) is 0 Å². The van der Waals surface area contributed by atoms with Gasteiger partial charge in [-0.05, 0) is 37.0 Å². The summed E-state index contributed by atoms with van der Waals surface area (Å²) < 4.78 is 5.40. The number of ether oxygens (including phenoxy) is 1. The summed E-state index contributed by atoms with van der Waals surface area (Å²) >= 11 is 0. The third-order valence-electron chi connectivity index (χ3n) is 4.46. The lowest BCUT2D eigenvalue weighted by atomic mass is 9.72. The van der Waals surface area contributed by atoms with Crippen LogP contribution in [0.15, 0.2) is 12.1 Å². The fraction of sp³-hybridized carbons (Fsp3) is 0.588. The summed E-state index contributed by atoms with van der Waals surface area (Å²) in [6.07, 6.45) is 3.36. The molecule has 0 aromatic heterocycles. The van der Waals surface area contributed by atoms with Crippen molar-refractivity contribution in [3.05, 3.63) is 17.7 Å². The summed E-state index contributed by atoms with van der Waals surface area (Å²) in [7, 11) is 0. The molecule has 1 saturated carbocycles. The Bertz CT molecular complexity index is 528. The summed E-state index contributed by atoms with van der Waals surface area (Å²) in [6, 6.07) is 2.01. The van der Waals surface area contributed by atoms with Gasteiger partial charge in [-0.1, -0.05) is 20.8 Å². The molecular weight excluding hydrogens is 284 g/mol. The number of phenols is 3. The van der Waals surface area contributed by atoms with Crippen molar-refractivity contribution in [2.45, 2.75) is 52.6 Å². The molecule has 1 aromatic carbocycles. The van der Waals surface area contributed by atoms with Crippen LogP contribution in [0.25, 0.3) is 0 Å². The predicted octanol–water partition coefficient (Wildman–Crippen LogP) is 3.57. The Balaban J connectivity index is 2.00. The molecule has 1 aliphatic rings. The number of hydrogen-bond acceptors (Lipinski definition) is 5. The molecule has 1 aliphatic carbocycles. The van der Waals surface area contributed by atoms with Gasteiger partial charge in [-0.15, -0.1) is 0 Å². The van der Waals surface area contributed by atoms with Crippen molar-refractivity contribution in [3.63, 3.8) is 0 Å². The molecule has 0 radical (unpaired) electrons. The lowest BCUT2D eigenvalue weighted by molar-refractivity contribution is 0.00879. The molecule has 3 N–H and O–H groups in total. The van der Waals surface area contributed by atoms with Crippen LogP contribution in [-0.4, -0.2) is 27.4 Å². The van der Waals surface area contributed by atoms with E-state index >= 15 is 0 Å². The average Bonchev–Trinajstić information content (AvgIpc) is 2.36. The van der Waals surface area contributed by atoms with Gasteiger partial charge in [0.2, 0.25) is 0 Å². The van der Waals surface area contributed by atoms with Gasteiger partial charge in [0.05, 0.1) is 0 Å². The molecule has 0 spiro atoms. The highest BCUT2D eigenvalue weighted by Gasteiger charge is 2.32. The van der Waals surface area contributed by atoms with Crippen LogP contribution in [0.2, 0.25) is 0 Å². The van der Waals surface area contributed by atoms with Crippen molar-refractivity contribution >= 4 is 5.97 Å². The number of rotatable bonds is 2. The minimum Gasteiger partial charge on any atom is -0.508 e. The standard InChI is InChI=1S/C17H24O5/c1-17(2,3)10-4-6-12(7-5-10)22-16(21)15-13(19)8-11(18)9-14(15)20/h8-10,12,18-20H,4-7H2,1-3H3. The van der Waals surface area contributed by atoms with Crippen LogP contribution in [0, 0.1) is 11.3 Å². The first-order valence-corrected chi connectivity index (χ1v) is 7.64. The Morgan fingerprint density at radius 1 is 1.05 bits per heavy atom. The second-order valence-corrected chi connectivity index (χ2v) is 7.10. The first-order chi connectivity index (χ1) is 10.2. The monoisotopic (exact) mass is 308 g/mol. The Hall–Kier alpha value is -1.91. The van der Waals surface area contributed by atoms with E-state index in [1.807, 2.05) is 0 Å². The molecule has 0 saturated heterocycles. The first kappa shape index (κ1) is 16.5. The highest BCUT2D eigenvalue weighted by Crippen LogP contribution is 2.39. The van der Waals surface area contributed by atoms with Crippen molar-refractivity contribution in [3.8, 4) is 17.2 Å². The summed E-state index contributed by atoms with van der Waals surface area (Å²) in [4.78, 5) is 12.1. The zero-order valence-corrected chi connectivity index (χ0v) is 13.3. The number of esters is 1. The molecule has 0 atom stereocenters. The van der Waals surface area contributed by atoms with E-state index in [1.54, 1.807) is 0 Å². The lowest BCUT2D eigenvalue weighted by Crippen LogP contribution is -2.30. The van der Waals surface area contributed by atoms with Gasteiger partial charge in [0.15, 0.2) is 0 Å². The maximum Gasteiger partial charge on any atom is 0.346 e. The summed E-state index contributed by atoms with van der Waals surface area (Å²) in [5, 5.41) is 28.7. The fourth-order valence-corrected chi connectivity index (χ4v) is 3.06.